The summed E-state index contributed by atoms with van der Waals surface area (Å²) in [5, 5.41) is 13.0. The molecule has 0 fully saturated rings. The number of halogens is 1. The van der Waals surface area contributed by atoms with Crippen LogP contribution in [0.5, 0.6) is 5.75 Å². The highest BCUT2D eigenvalue weighted by Gasteiger charge is 2.37. The SMILES string of the molecule is COc1ccccc1N1C(S)=C(C#N)C(=O)NC1c1ccc(-c2ccccc2Cl)o1. The van der Waals surface area contributed by atoms with Gasteiger partial charge in [-0.05, 0) is 36.4 Å². The van der Waals surface area contributed by atoms with Gasteiger partial charge in [0.15, 0.2) is 6.17 Å². The van der Waals surface area contributed by atoms with Crippen LogP contribution in [0.15, 0.2) is 75.7 Å². The first-order valence-corrected chi connectivity index (χ1v) is 9.78. The van der Waals surface area contributed by atoms with Crippen molar-refractivity contribution in [3.63, 3.8) is 0 Å². The molecule has 8 heteroatoms. The summed E-state index contributed by atoms with van der Waals surface area (Å²) in [4.78, 5) is 14.2. The number of hydrogen-bond donors (Lipinski definition) is 2. The first-order valence-electron chi connectivity index (χ1n) is 8.96. The van der Waals surface area contributed by atoms with Gasteiger partial charge in [-0.1, -0.05) is 35.9 Å². The van der Waals surface area contributed by atoms with Crippen LogP contribution in [-0.2, 0) is 4.79 Å². The Hall–Kier alpha value is -3.34. The van der Waals surface area contributed by atoms with Crippen LogP contribution in [0.25, 0.3) is 11.3 Å². The molecule has 0 aliphatic carbocycles. The summed E-state index contributed by atoms with van der Waals surface area (Å²) in [6.45, 7) is 0. The van der Waals surface area contributed by atoms with Crippen LogP contribution in [0.4, 0.5) is 5.69 Å². The maximum Gasteiger partial charge on any atom is 0.266 e. The summed E-state index contributed by atoms with van der Waals surface area (Å²) in [5.74, 6) is 1.03. The van der Waals surface area contributed by atoms with Crippen molar-refractivity contribution in [1.29, 1.82) is 5.26 Å². The van der Waals surface area contributed by atoms with Crippen molar-refractivity contribution < 1.29 is 13.9 Å². The molecule has 2 aromatic carbocycles. The van der Waals surface area contributed by atoms with E-state index >= 15 is 0 Å². The average molecular weight is 438 g/mol. The van der Waals surface area contributed by atoms with E-state index in [0.29, 0.717) is 28.0 Å². The van der Waals surface area contributed by atoms with E-state index in [-0.39, 0.29) is 10.6 Å². The molecule has 0 saturated heterocycles. The van der Waals surface area contributed by atoms with Gasteiger partial charge in [-0.15, -0.1) is 12.6 Å². The Morgan fingerprint density at radius 3 is 2.63 bits per heavy atom. The second-order valence-corrected chi connectivity index (χ2v) is 7.24. The van der Waals surface area contributed by atoms with Gasteiger partial charge >= 0.3 is 0 Å². The Balaban J connectivity index is 1.84. The smallest absolute Gasteiger partial charge is 0.266 e. The lowest BCUT2D eigenvalue weighted by atomic mass is 10.1. The van der Waals surface area contributed by atoms with Crippen LogP contribution >= 0.6 is 24.2 Å². The fourth-order valence-electron chi connectivity index (χ4n) is 3.29. The summed E-state index contributed by atoms with van der Waals surface area (Å²) in [6, 6.07) is 20.0. The number of para-hydroxylation sites is 2. The average Bonchev–Trinajstić information content (AvgIpc) is 3.24. The normalized spacial score (nSPS) is 16.3. The van der Waals surface area contributed by atoms with E-state index in [9.17, 15) is 10.1 Å². The molecule has 1 aromatic heterocycles. The Morgan fingerprint density at radius 2 is 1.90 bits per heavy atom. The zero-order valence-corrected chi connectivity index (χ0v) is 17.4. The van der Waals surface area contributed by atoms with Crippen molar-refractivity contribution in [3.05, 3.63) is 82.0 Å². The Labute approximate surface area is 183 Å². The molecule has 1 unspecified atom stereocenters. The van der Waals surface area contributed by atoms with Crippen LogP contribution in [0.3, 0.4) is 0 Å². The van der Waals surface area contributed by atoms with Crippen molar-refractivity contribution in [1.82, 2.24) is 5.32 Å². The van der Waals surface area contributed by atoms with E-state index in [1.54, 1.807) is 36.3 Å². The topological polar surface area (TPSA) is 78.5 Å². The quantitative estimate of drug-likeness (QED) is 0.567. The van der Waals surface area contributed by atoms with E-state index in [4.69, 9.17) is 20.8 Å². The number of carbonyl (C=O) groups is 1. The summed E-state index contributed by atoms with van der Waals surface area (Å²) >= 11 is 10.8. The predicted octanol–water partition coefficient (Wildman–Crippen LogP) is 4.91. The van der Waals surface area contributed by atoms with Crippen molar-refractivity contribution in [2.45, 2.75) is 6.17 Å². The highest BCUT2D eigenvalue weighted by molar-refractivity contribution is 7.84. The summed E-state index contributed by atoms with van der Waals surface area (Å²) < 4.78 is 11.5. The Kier molecular flexibility index (Phi) is 5.44. The highest BCUT2D eigenvalue weighted by atomic mass is 35.5. The number of hydrogen-bond acceptors (Lipinski definition) is 6. The van der Waals surface area contributed by atoms with Gasteiger partial charge in [-0.3, -0.25) is 4.79 Å². The van der Waals surface area contributed by atoms with Gasteiger partial charge in [-0.25, -0.2) is 0 Å². The lowest BCUT2D eigenvalue weighted by molar-refractivity contribution is -0.118. The lowest BCUT2D eigenvalue weighted by Gasteiger charge is -2.37. The third-order valence-corrected chi connectivity index (χ3v) is 5.47. The van der Waals surface area contributed by atoms with E-state index in [0.717, 1.165) is 5.56 Å². The number of nitrogens with one attached hydrogen (secondary N) is 1. The van der Waals surface area contributed by atoms with Gasteiger partial charge in [0.25, 0.3) is 5.91 Å². The molecule has 1 aliphatic rings. The molecule has 0 bridgehead atoms. The number of anilines is 1. The number of rotatable bonds is 4. The predicted molar refractivity (Wildman–Crippen MR) is 117 cm³/mol. The molecule has 6 nitrogen and oxygen atoms in total. The number of furan rings is 1. The highest BCUT2D eigenvalue weighted by Crippen LogP contribution is 2.41. The van der Waals surface area contributed by atoms with Crippen molar-refractivity contribution in [3.8, 4) is 23.1 Å². The minimum Gasteiger partial charge on any atom is -0.495 e. The van der Waals surface area contributed by atoms with Crippen LogP contribution in [-0.4, -0.2) is 13.0 Å². The molecule has 2 heterocycles. The number of nitriles is 1. The summed E-state index contributed by atoms with van der Waals surface area (Å²) in [7, 11) is 1.55. The van der Waals surface area contributed by atoms with Crippen LogP contribution in [0.1, 0.15) is 11.9 Å². The van der Waals surface area contributed by atoms with E-state index in [2.05, 4.69) is 17.9 Å². The molecule has 1 amide bonds. The molecule has 0 spiro atoms. The second-order valence-electron chi connectivity index (χ2n) is 6.41. The third-order valence-electron chi connectivity index (χ3n) is 4.70. The number of ether oxygens (including phenoxy) is 1. The first-order chi connectivity index (χ1) is 14.5. The van der Waals surface area contributed by atoms with Crippen molar-refractivity contribution in [2.24, 2.45) is 0 Å². The maximum absolute atomic E-state index is 12.5. The first kappa shape index (κ1) is 20.0. The zero-order valence-electron chi connectivity index (χ0n) is 15.8. The minimum absolute atomic E-state index is 0.0987. The lowest BCUT2D eigenvalue weighted by Crippen LogP contribution is -2.46. The molecule has 3 aromatic rings. The van der Waals surface area contributed by atoms with Gasteiger partial charge in [0.05, 0.1) is 22.8 Å². The molecule has 1 N–H and O–H groups in total. The van der Waals surface area contributed by atoms with E-state index in [1.165, 1.54) is 0 Å². The number of methoxy groups -OCH3 is 1. The number of amides is 1. The summed E-state index contributed by atoms with van der Waals surface area (Å²) in [6.07, 6.45) is -0.741. The number of nitrogens with zero attached hydrogens (tertiary/aromatic N) is 2. The van der Waals surface area contributed by atoms with E-state index in [1.807, 2.05) is 42.5 Å². The van der Waals surface area contributed by atoms with Crippen molar-refractivity contribution in [2.75, 3.05) is 12.0 Å². The van der Waals surface area contributed by atoms with Crippen LogP contribution in [0.2, 0.25) is 5.02 Å². The number of thiol groups is 1. The molecular weight excluding hydrogens is 422 g/mol. The third kappa shape index (κ3) is 3.41. The van der Waals surface area contributed by atoms with Crippen LogP contribution < -0.4 is 15.0 Å². The number of benzene rings is 2. The van der Waals surface area contributed by atoms with Gasteiger partial charge in [-0.2, -0.15) is 5.26 Å². The second kappa shape index (κ2) is 8.19. The van der Waals surface area contributed by atoms with E-state index < -0.39 is 12.1 Å². The molecule has 1 aliphatic heterocycles. The van der Waals surface area contributed by atoms with Gasteiger partial charge in [0.1, 0.15) is 28.9 Å². The Bertz CT molecular complexity index is 1200. The molecule has 30 heavy (non-hydrogen) atoms. The zero-order chi connectivity index (χ0) is 21.3. The minimum atomic E-state index is -0.741. The standard InChI is InChI=1S/C22H16ClN3O3S/c1-28-18-9-5-4-8-16(18)26-20(25-21(27)14(12-24)22(26)30)19-11-10-17(29-19)13-6-2-3-7-15(13)23/h2-11,20,30H,1H3,(H,25,27). The van der Waals surface area contributed by atoms with Gasteiger partial charge in [0, 0.05) is 5.56 Å². The Morgan fingerprint density at radius 1 is 1.17 bits per heavy atom. The fraction of sp³-hybridized carbons (Fsp3) is 0.0909. The molecule has 1 atom stereocenters. The van der Waals surface area contributed by atoms with Gasteiger partial charge in [0.2, 0.25) is 0 Å². The molecule has 150 valence electrons. The molecule has 4 rings (SSSR count). The van der Waals surface area contributed by atoms with Crippen molar-refractivity contribution >= 4 is 35.8 Å². The molecular formula is C22H16ClN3O3S. The molecule has 0 saturated carbocycles. The fourth-order valence-corrected chi connectivity index (χ4v) is 3.90. The number of carbonyl (C=O) groups excluding carboxylic acids is 1. The van der Waals surface area contributed by atoms with Gasteiger partial charge < -0.3 is 19.4 Å². The monoisotopic (exact) mass is 437 g/mol. The summed E-state index contributed by atoms with van der Waals surface area (Å²) in [5.41, 5.74) is 1.26. The largest absolute Gasteiger partial charge is 0.495 e. The van der Waals surface area contributed by atoms with Crippen LogP contribution in [0, 0.1) is 11.3 Å². The maximum atomic E-state index is 12.5. The molecule has 0 radical (unpaired) electrons.